The second-order valence-electron chi connectivity index (χ2n) is 4.28. The lowest BCUT2D eigenvalue weighted by Gasteiger charge is -2.07. The minimum absolute atomic E-state index is 0.429. The van der Waals surface area contributed by atoms with Crippen LogP contribution in [0.25, 0.3) is 10.9 Å². The van der Waals surface area contributed by atoms with Crippen molar-refractivity contribution >= 4 is 22.6 Å². The fourth-order valence-corrected chi connectivity index (χ4v) is 1.75. The number of ketones is 1. The summed E-state index contributed by atoms with van der Waals surface area (Å²) in [5, 5.41) is 0.788. The summed E-state index contributed by atoms with van der Waals surface area (Å²) < 4.78 is 0. The summed E-state index contributed by atoms with van der Waals surface area (Å²) in [6.45, 7) is 1.98. The van der Waals surface area contributed by atoms with E-state index in [9.17, 15) is 9.59 Å². The molecule has 0 aliphatic rings. The SMILES string of the molecule is Cc1ccc2c(C(=O)C(=O)N(C)C)c[nH]c2c1. The minimum atomic E-state index is -0.508. The molecule has 1 heterocycles. The highest BCUT2D eigenvalue weighted by atomic mass is 16.2. The van der Waals surface area contributed by atoms with Crippen LogP contribution in [-0.4, -0.2) is 35.7 Å². The fraction of sp³-hybridized carbons (Fsp3) is 0.231. The van der Waals surface area contributed by atoms with Gasteiger partial charge in [0.1, 0.15) is 0 Å². The van der Waals surface area contributed by atoms with Crippen LogP contribution in [0.2, 0.25) is 0 Å². The molecule has 88 valence electrons. The molecule has 1 amide bonds. The Morgan fingerprint density at radius 3 is 2.59 bits per heavy atom. The Balaban J connectivity index is 2.50. The highest BCUT2D eigenvalue weighted by Crippen LogP contribution is 2.20. The maximum atomic E-state index is 11.9. The molecule has 1 aromatic carbocycles. The van der Waals surface area contributed by atoms with Crippen molar-refractivity contribution in [3.8, 4) is 0 Å². The molecule has 0 spiro atoms. The monoisotopic (exact) mass is 230 g/mol. The Kier molecular flexibility index (Phi) is 2.71. The molecule has 0 aliphatic heterocycles. The van der Waals surface area contributed by atoms with Gasteiger partial charge in [0.15, 0.2) is 0 Å². The molecule has 0 saturated carbocycles. The molecule has 0 bridgehead atoms. The van der Waals surface area contributed by atoms with Crippen LogP contribution in [0, 0.1) is 6.92 Å². The van der Waals surface area contributed by atoms with Gasteiger partial charge in [-0.1, -0.05) is 12.1 Å². The first-order valence-corrected chi connectivity index (χ1v) is 5.34. The van der Waals surface area contributed by atoms with E-state index in [1.165, 1.54) is 4.90 Å². The number of benzene rings is 1. The minimum Gasteiger partial charge on any atom is -0.360 e. The molecule has 2 aromatic rings. The largest absolute Gasteiger partial charge is 0.360 e. The number of aromatic nitrogens is 1. The first kappa shape index (κ1) is 11.4. The number of H-pyrrole nitrogens is 1. The normalized spacial score (nSPS) is 10.5. The molecule has 0 aliphatic carbocycles. The number of nitrogens with zero attached hydrogens (tertiary/aromatic N) is 1. The van der Waals surface area contributed by atoms with Gasteiger partial charge in [0.2, 0.25) is 0 Å². The second-order valence-corrected chi connectivity index (χ2v) is 4.28. The summed E-state index contributed by atoms with van der Waals surface area (Å²) in [6.07, 6.45) is 1.59. The third-order valence-corrected chi connectivity index (χ3v) is 2.68. The van der Waals surface area contributed by atoms with Gasteiger partial charge in [0, 0.05) is 31.2 Å². The number of hydrogen-bond donors (Lipinski definition) is 1. The predicted molar refractivity (Wildman–Crippen MR) is 66.1 cm³/mol. The van der Waals surface area contributed by atoms with Crippen LogP contribution in [0.4, 0.5) is 0 Å². The van der Waals surface area contributed by atoms with Gasteiger partial charge in [-0.05, 0) is 18.6 Å². The van der Waals surface area contributed by atoms with Crippen LogP contribution in [0.15, 0.2) is 24.4 Å². The van der Waals surface area contributed by atoms with Crippen molar-refractivity contribution in [2.45, 2.75) is 6.92 Å². The number of fused-ring (bicyclic) bond motifs is 1. The van der Waals surface area contributed by atoms with E-state index in [1.807, 2.05) is 25.1 Å². The molecular formula is C13H14N2O2. The Bertz CT molecular complexity index is 596. The van der Waals surface area contributed by atoms with Crippen molar-refractivity contribution < 1.29 is 9.59 Å². The molecule has 17 heavy (non-hydrogen) atoms. The Morgan fingerprint density at radius 1 is 1.24 bits per heavy atom. The molecule has 0 unspecified atom stereocenters. The van der Waals surface area contributed by atoms with E-state index >= 15 is 0 Å². The Labute approximate surface area is 99.2 Å². The Morgan fingerprint density at radius 2 is 1.94 bits per heavy atom. The number of rotatable bonds is 2. The summed E-state index contributed by atoms with van der Waals surface area (Å²) in [4.78, 5) is 27.8. The first-order valence-electron chi connectivity index (χ1n) is 5.34. The van der Waals surface area contributed by atoms with Crippen molar-refractivity contribution in [3.63, 3.8) is 0 Å². The number of carbonyl (C=O) groups is 2. The molecule has 0 atom stereocenters. The summed E-state index contributed by atoms with van der Waals surface area (Å²) in [6, 6.07) is 5.73. The van der Waals surface area contributed by atoms with Gasteiger partial charge in [-0.25, -0.2) is 0 Å². The molecule has 4 nitrogen and oxygen atoms in total. The van der Waals surface area contributed by atoms with Gasteiger partial charge in [-0.3, -0.25) is 9.59 Å². The predicted octanol–water partition coefficient (Wildman–Crippen LogP) is 1.75. The third-order valence-electron chi connectivity index (χ3n) is 2.68. The maximum Gasteiger partial charge on any atom is 0.294 e. The van der Waals surface area contributed by atoms with Gasteiger partial charge in [0.25, 0.3) is 11.7 Å². The average molecular weight is 230 g/mol. The lowest BCUT2D eigenvalue weighted by atomic mass is 10.1. The molecule has 0 saturated heterocycles. The van der Waals surface area contributed by atoms with Crippen LogP contribution in [-0.2, 0) is 4.79 Å². The number of hydrogen-bond acceptors (Lipinski definition) is 2. The quantitative estimate of drug-likeness (QED) is 0.631. The molecular weight excluding hydrogens is 216 g/mol. The highest BCUT2D eigenvalue weighted by molar-refractivity contribution is 6.44. The van der Waals surface area contributed by atoms with E-state index in [4.69, 9.17) is 0 Å². The van der Waals surface area contributed by atoms with E-state index in [-0.39, 0.29) is 0 Å². The molecule has 0 radical (unpaired) electrons. The zero-order chi connectivity index (χ0) is 12.6. The maximum absolute atomic E-state index is 11.9. The summed E-state index contributed by atoms with van der Waals surface area (Å²) in [5.74, 6) is -0.989. The smallest absolute Gasteiger partial charge is 0.294 e. The summed E-state index contributed by atoms with van der Waals surface area (Å²) in [7, 11) is 3.14. The molecule has 1 aromatic heterocycles. The number of carbonyl (C=O) groups excluding carboxylic acids is 2. The average Bonchev–Trinajstić information content (AvgIpc) is 2.69. The fourth-order valence-electron chi connectivity index (χ4n) is 1.75. The van der Waals surface area contributed by atoms with E-state index in [2.05, 4.69) is 4.98 Å². The zero-order valence-corrected chi connectivity index (χ0v) is 10.1. The van der Waals surface area contributed by atoms with Crippen LogP contribution >= 0.6 is 0 Å². The second kappa shape index (κ2) is 4.05. The topological polar surface area (TPSA) is 53.2 Å². The van der Waals surface area contributed by atoms with Crippen molar-refractivity contribution in [2.75, 3.05) is 14.1 Å². The number of aromatic amines is 1. The highest BCUT2D eigenvalue weighted by Gasteiger charge is 2.21. The van der Waals surface area contributed by atoms with E-state index in [1.54, 1.807) is 20.3 Å². The van der Waals surface area contributed by atoms with Crippen molar-refractivity contribution in [3.05, 3.63) is 35.5 Å². The molecule has 4 heteroatoms. The zero-order valence-electron chi connectivity index (χ0n) is 10.1. The molecule has 1 N–H and O–H groups in total. The molecule has 0 fully saturated rings. The van der Waals surface area contributed by atoms with Crippen molar-refractivity contribution in [1.29, 1.82) is 0 Å². The van der Waals surface area contributed by atoms with E-state index in [0.29, 0.717) is 5.56 Å². The molecule has 2 rings (SSSR count). The first-order chi connectivity index (χ1) is 8.00. The lowest BCUT2D eigenvalue weighted by Crippen LogP contribution is -2.29. The van der Waals surface area contributed by atoms with E-state index < -0.39 is 11.7 Å². The number of Topliss-reactive ketones (excluding diaryl/α,β-unsaturated/α-hetero) is 1. The van der Waals surface area contributed by atoms with Gasteiger partial charge >= 0.3 is 0 Å². The Hall–Kier alpha value is -2.10. The number of aryl methyl sites for hydroxylation is 1. The number of amides is 1. The standard InChI is InChI=1S/C13H14N2O2/c1-8-4-5-9-10(7-14-11(9)6-8)12(16)13(17)15(2)3/h4-7,14H,1-3H3. The van der Waals surface area contributed by atoms with E-state index in [0.717, 1.165) is 16.5 Å². The number of likely N-dealkylation sites (N-methyl/N-ethyl adjacent to an activating group) is 1. The van der Waals surface area contributed by atoms with Crippen LogP contribution in [0.3, 0.4) is 0 Å². The summed E-state index contributed by atoms with van der Waals surface area (Å²) in [5.41, 5.74) is 2.41. The van der Waals surface area contributed by atoms with Gasteiger partial charge in [-0.15, -0.1) is 0 Å². The number of nitrogens with one attached hydrogen (secondary N) is 1. The van der Waals surface area contributed by atoms with Gasteiger partial charge in [-0.2, -0.15) is 0 Å². The van der Waals surface area contributed by atoms with Crippen LogP contribution in [0.1, 0.15) is 15.9 Å². The summed E-state index contributed by atoms with van der Waals surface area (Å²) >= 11 is 0. The van der Waals surface area contributed by atoms with Gasteiger partial charge < -0.3 is 9.88 Å². The van der Waals surface area contributed by atoms with Crippen LogP contribution < -0.4 is 0 Å². The lowest BCUT2D eigenvalue weighted by molar-refractivity contribution is -0.124. The van der Waals surface area contributed by atoms with Gasteiger partial charge in [0.05, 0.1) is 5.56 Å². The van der Waals surface area contributed by atoms with Crippen molar-refractivity contribution in [1.82, 2.24) is 9.88 Å². The third kappa shape index (κ3) is 1.93. The van der Waals surface area contributed by atoms with Crippen molar-refractivity contribution in [2.24, 2.45) is 0 Å². The van der Waals surface area contributed by atoms with Crippen LogP contribution in [0.5, 0.6) is 0 Å².